The van der Waals surface area contributed by atoms with E-state index in [0.29, 0.717) is 12.6 Å². The number of hydrogen-bond acceptors (Lipinski definition) is 3. The molecule has 1 fully saturated rings. The summed E-state index contributed by atoms with van der Waals surface area (Å²) in [6, 6.07) is 17.7. The molecule has 0 radical (unpaired) electrons. The van der Waals surface area contributed by atoms with Crippen LogP contribution in [0.25, 0.3) is 0 Å². The predicted octanol–water partition coefficient (Wildman–Crippen LogP) is 3.79. The van der Waals surface area contributed by atoms with Gasteiger partial charge in [-0.05, 0) is 62.1 Å². The minimum absolute atomic E-state index is 0.463. The predicted molar refractivity (Wildman–Crippen MR) is 125 cm³/mol. The van der Waals surface area contributed by atoms with Crippen LogP contribution in [-0.2, 0) is 6.54 Å². The molecule has 156 valence electrons. The molecule has 0 spiro atoms. The van der Waals surface area contributed by atoms with Crippen LogP contribution in [0.3, 0.4) is 0 Å². The van der Waals surface area contributed by atoms with Crippen LogP contribution in [0.5, 0.6) is 0 Å². The third-order valence-corrected chi connectivity index (χ3v) is 5.55. The molecule has 2 aromatic rings. The van der Waals surface area contributed by atoms with E-state index in [1.165, 1.54) is 22.5 Å². The topological polar surface area (TPSA) is 42.9 Å². The lowest BCUT2D eigenvalue weighted by molar-refractivity contribution is 0.461. The average molecular weight is 394 g/mol. The average Bonchev–Trinajstić information content (AvgIpc) is 2.74. The maximum absolute atomic E-state index is 4.86. The van der Waals surface area contributed by atoms with E-state index in [1.54, 1.807) is 0 Å². The lowest BCUT2D eigenvalue weighted by Gasteiger charge is -2.34. The molecule has 0 unspecified atom stereocenters. The highest BCUT2D eigenvalue weighted by Gasteiger charge is 2.20. The van der Waals surface area contributed by atoms with E-state index in [0.717, 1.165) is 38.4 Å². The third kappa shape index (κ3) is 5.89. The van der Waals surface area contributed by atoms with Crippen LogP contribution in [0.15, 0.2) is 53.5 Å². The second kappa shape index (κ2) is 10.2. The first kappa shape index (κ1) is 21.0. The van der Waals surface area contributed by atoms with Crippen molar-refractivity contribution in [1.82, 2.24) is 10.6 Å². The van der Waals surface area contributed by atoms with Gasteiger partial charge in [0.05, 0.1) is 6.54 Å². The molecule has 5 heteroatoms. The van der Waals surface area contributed by atoms with E-state index >= 15 is 0 Å². The summed E-state index contributed by atoms with van der Waals surface area (Å²) in [6.45, 7) is 7.99. The highest BCUT2D eigenvalue weighted by molar-refractivity contribution is 5.80. The Morgan fingerprint density at radius 1 is 1.10 bits per heavy atom. The molecule has 5 nitrogen and oxygen atoms in total. The fourth-order valence-corrected chi connectivity index (χ4v) is 3.73. The van der Waals surface area contributed by atoms with Gasteiger partial charge in [-0.2, -0.15) is 0 Å². The molecule has 2 N–H and O–H groups in total. The Balaban J connectivity index is 1.57. The summed E-state index contributed by atoms with van der Waals surface area (Å²) in [5.41, 5.74) is 5.10. The molecule has 0 aromatic heterocycles. The molecule has 0 atom stereocenters. The summed E-state index contributed by atoms with van der Waals surface area (Å²) >= 11 is 0. The van der Waals surface area contributed by atoms with Crippen molar-refractivity contribution in [3.8, 4) is 0 Å². The Morgan fingerprint density at radius 3 is 2.45 bits per heavy atom. The molecule has 1 aliphatic heterocycles. The van der Waals surface area contributed by atoms with Crippen molar-refractivity contribution in [2.45, 2.75) is 39.3 Å². The van der Waals surface area contributed by atoms with Crippen LogP contribution in [0.4, 0.5) is 11.4 Å². The SMILES string of the molecule is CCNC(=NCc1ccc(N(C)C)cc1C)NC1CCN(c2ccccc2)CC1. The van der Waals surface area contributed by atoms with Crippen LogP contribution in [0, 0.1) is 6.92 Å². The van der Waals surface area contributed by atoms with Crippen molar-refractivity contribution >= 4 is 17.3 Å². The van der Waals surface area contributed by atoms with Gasteiger partial charge in [0.2, 0.25) is 0 Å². The maximum Gasteiger partial charge on any atom is 0.191 e. The number of para-hydroxylation sites is 1. The zero-order valence-electron chi connectivity index (χ0n) is 18.3. The first-order valence-corrected chi connectivity index (χ1v) is 10.7. The van der Waals surface area contributed by atoms with E-state index < -0.39 is 0 Å². The van der Waals surface area contributed by atoms with Gasteiger partial charge in [-0.25, -0.2) is 4.99 Å². The molecule has 3 rings (SSSR count). The number of piperidine rings is 1. The number of aliphatic imine (C=N–C) groups is 1. The summed E-state index contributed by atoms with van der Waals surface area (Å²) < 4.78 is 0. The summed E-state index contributed by atoms with van der Waals surface area (Å²) in [4.78, 5) is 9.46. The molecule has 1 aliphatic rings. The summed E-state index contributed by atoms with van der Waals surface area (Å²) in [6.07, 6.45) is 2.24. The van der Waals surface area contributed by atoms with Crippen LogP contribution in [0.2, 0.25) is 0 Å². The Bertz CT molecular complexity index is 792. The molecule has 2 aromatic carbocycles. The lowest BCUT2D eigenvalue weighted by Crippen LogP contribution is -2.48. The second-order valence-corrected chi connectivity index (χ2v) is 7.94. The number of guanidine groups is 1. The van der Waals surface area contributed by atoms with E-state index in [1.807, 2.05) is 0 Å². The smallest absolute Gasteiger partial charge is 0.191 e. The van der Waals surface area contributed by atoms with Gasteiger partial charge in [0.25, 0.3) is 0 Å². The van der Waals surface area contributed by atoms with E-state index in [-0.39, 0.29) is 0 Å². The summed E-state index contributed by atoms with van der Waals surface area (Å²) in [5, 5.41) is 7.06. The van der Waals surface area contributed by atoms with Gasteiger partial charge in [-0.15, -0.1) is 0 Å². The quantitative estimate of drug-likeness (QED) is 0.579. The van der Waals surface area contributed by atoms with Crippen molar-refractivity contribution in [3.05, 3.63) is 59.7 Å². The van der Waals surface area contributed by atoms with Gasteiger partial charge in [0.15, 0.2) is 5.96 Å². The van der Waals surface area contributed by atoms with Crippen molar-refractivity contribution < 1.29 is 0 Å². The lowest BCUT2D eigenvalue weighted by atomic mass is 10.0. The second-order valence-electron chi connectivity index (χ2n) is 7.94. The molecule has 29 heavy (non-hydrogen) atoms. The number of anilines is 2. The van der Waals surface area contributed by atoms with Crippen molar-refractivity contribution in [1.29, 1.82) is 0 Å². The van der Waals surface area contributed by atoms with E-state index in [9.17, 15) is 0 Å². The first-order valence-electron chi connectivity index (χ1n) is 10.7. The summed E-state index contributed by atoms with van der Waals surface area (Å²) in [5.74, 6) is 0.918. The fraction of sp³-hybridized carbons (Fsp3) is 0.458. The number of nitrogens with zero attached hydrogens (tertiary/aromatic N) is 3. The van der Waals surface area contributed by atoms with Gasteiger partial charge in [0.1, 0.15) is 0 Å². The van der Waals surface area contributed by atoms with Gasteiger partial charge in [-0.1, -0.05) is 24.3 Å². The summed E-state index contributed by atoms with van der Waals surface area (Å²) in [7, 11) is 4.14. The van der Waals surface area contributed by atoms with Crippen LogP contribution in [-0.4, -0.2) is 45.7 Å². The van der Waals surface area contributed by atoms with E-state index in [2.05, 4.69) is 96.9 Å². The minimum atomic E-state index is 0.463. The van der Waals surface area contributed by atoms with Crippen molar-refractivity contribution in [2.75, 3.05) is 43.5 Å². The molecular formula is C24H35N5. The Kier molecular flexibility index (Phi) is 7.39. The highest BCUT2D eigenvalue weighted by Crippen LogP contribution is 2.20. The highest BCUT2D eigenvalue weighted by atomic mass is 15.2. The first-order chi connectivity index (χ1) is 14.1. The normalized spacial score (nSPS) is 15.3. The van der Waals surface area contributed by atoms with Crippen LogP contribution in [0.1, 0.15) is 30.9 Å². The van der Waals surface area contributed by atoms with Gasteiger partial charge >= 0.3 is 0 Å². The number of hydrogen-bond donors (Lipinski definition) is 2. The molecule has 0 aliphatic carbocycles. The van der Waals surface area contributed by atoms with Gasteiger partial charge in [-0.3, -0.25) is 0 Å². The Hall–Kier alpha value is -2.69. The number of benzene rings is 2. The minimum Gasteiger partial charge on any atom is -0.378 e. The number of rotatable bonds is 6. The fourth-order valence-electron chi connectivity index (χ4n) is 3.73. The standard InChI is InChI=1S/C24H35N5/c1-5-25-24(26-18-20-11-12-23(28(3)4)17-19(20)2)27-21-13-15-29(16-14-21)22-9-7-6-8-10-22/h6-12,17,21H,5,13-16,18H2,1-4H3,(H2,25,26,27). The van der Waals surface area contributed by atoms with Gasteiger partial charge in [0, 0.05) is 51.1 Å². The monoisotopic (exact) mass is 393 g/mol. The molecule has 1 saturated heterocycles. The molecule has 0 bridgehead atoms. The molecule has 0 saturated carbocycles. The third-order valence-electron chi connectivity index (χ3n) is 5.55. The molecular weight excluding hydrogens is 358 g/mol. The van der Waals surface area contributed by atoms with Crippen LogP contribution < -0.4 is 20.4 Å². The number of aryl methyl sites for hydroxylation is 1. The largest absolute Gasteiger partial charge is 0.378 e. The Morgan fingerprint density at radius 2 is 1.83 bits per heavy atom. The van der Waals surface area contributed by atoms with Gasteiger partial charge < -0.3 is 20.4 Å². The molecule has 0 amide bonds. The number of nitrogens with one attached hydrogen (secondary N) is 2. The maximum atomic E-state index is 4.86. The zero-order chi connectivity index (χ0) is 20.6. The molecule has 1 heterocycles. The van der Waals surface area contributed by atoms with E-state index in [4.69, 9.17) is 4.99 Å². The van der Waals surface area contributed by atoms with Crippen molar-refractivity contribution in [3.63, 3.8) is 0 Å². The van der Waals surface area contributed by atoms with Crippen LogP contribution >= 0.6 is 0 Å². The zero-order valence-corrected chi connectivity index (χ0v) is 18.3. The Labute approximate surface area is 175 Å². The van der Waals surface area contributed by atoms with Crippen molar-refractivity contribution in [2.24, 2.45) is 4.99 Å².